The van der Waals surface area contributed by atoms with Crippen LogP contribution in [-0.4, -0.2) is 24.2 Å². The zero-order valence-corrected chi connectivity index (χ0v) is 11.1. The van der Waals surface area contributed by atoms with Gasteiger partial charge in [-0.3, -0.25) is 0 Å². The van der Waals surface area contributed by atoms with E-state index in [1.807, 2.05) is 19.1 Å². The molecule has 1 saturated heterocycles. The average molecular weight is 247 g/mol. The molecule has 0 amide bonds. The first-order valence-corrected chi connectivity index (χ1v) is 6.62. The van der Waals surface area contributed by atoms with Crippen molar-refractivity contribution in [2.75, 3.05) is 13.1 Å². The molecule has 2 N–H and O–H groups in total. The fraction of sp³-hybridized carbons (Fsp3) is 0.533. The Balaban J connectivity index is 2.21. The molecule has 1 aliphatic heterocycles. The third-order valence-electron chi connectivity index (χ3n) is 3.82. The second-order valence-corrected chi connectivity index (χ2v) is 5.32. The van der Waals surface area contributed by atoms with E-state index in [0.29, 0.717) is 11.5 Å². The van der Waals surface area contributed by atoms with Gasteiger partial charge in [0.05, 0.1) is 5.56 Å². The zero-order valence-electron chi connectivity index (χ0n) is 11.1. The van der Waals surface area contributed by atoms with Gasteiger partial charge < -0.3 is 10.4 Å². The van der Waals surface area contributed by atoms with Gasteiger partial charge in [0.15, 0.2) is 0 Å². The molecule has 1 aromatic rings. The van der Waals surface area contributed by atoms with E-state index in [-0.39, 0.29) is 0 Å². The van der Waals surface area contributed by atoms with Crippen LogP contribution >= 0.6 is 0 Å². The minimum atomic E-state index is -0.824. The maximum Gasteiger partial charge on any atom is 0.335 e. The van der Waals surface area contributed by atoms with Crippen molar-refractivity contribution < 1.29 is 9.90 Å². The van der Waals surface area contributed by atoms with Gasteiger partial charge in [0, 0.05) is 0 Å². The van der Waals surface area contributed by atoms with E-state index in [4.69, 9.17) is 0 Å². The Morgan fingerprint density at radius 3 is 2.78 bits per heavy atom. The third kappa shape index (κ3) is 2.91. The summed E-state index contributed by atoms with van der Waals surface area (Å²) in [5.74, 6) is -0.183. The number of hydrogen-bond acceptors (Lipinski definition) is 2. The number of nitrogens with one attached hydrogen (secondary N) is 1. The number of carboxylic acids is 1. The lowest BCUT2D eigenvalue weighted by atomic mass is 9.88. The third-order valence-corrected chi connectivity index (χ3v) is 3.82. The van der Waals surface area contributed by atoms with Crippen LogP contribution in [0.4, 0.5) is 0 Å². The first kappa shape index (κ1) is 13.1. The van der Waals surface area contributed by atoms with Gasteiger partial charge in [-0.05, 0) is 74.9 Å². The van der Waals surface area contributed by atoms with Gasteiger partial charge >= 0.3 is 5.97 Å². The van der Waals surface area contributed by atoms with E-state index in [2.05, 4.69) is 12.2 Å². The van der Waals surface area contributed by atoms with Gasteiger partial charge in [-0.15, -0.1) is 0 Å². The van der Waals surface area contributed by atoms with Crippen LogP contribution in [0.3, 0.4) is 0 Å². The summed E-state index contributed by atoms with van der Waals surface area (Å²) in [5.41, 5.74) is 3.69. The number of hydrogen-bond donors (Lipinski definition) is 2. The van der Waals surface area contributed by atoms with Crippen molar-refractivity contribution in [2.24, 2.45) is 5.92 Å². The molecule has 0 radical (unpaired) electrons. The molecule has 1 heterocycles. The molecule has 2 rings (SSSR count). The second kappa shape index (κ2) is 5.53. The van der Waals surface area contributed by atoms with Gasteiger partial charge in [-0.1, -0.05) is 6.07 Å². The van der Waals surface area contributed by atoms with E-state index in [1.54, 1.807) is 0 Å². The van der Waals surface area contributed by atoms with E-state index in [9.17, 15) is 9.90 Å². The number of carbonyl (C=O) groups is 1. The van der Waals surface area contributed by atoms with Crippen LogP contribution in [0.1, 0.15) is 39.9 Å². The van der Waals surface area contributed by atoms with Gasteiger partial charge in [0.1, 0.15) is 0 Å². The van der Waals surface area contributed by atoms with Crippen molar-refractivity contribution in [1.82, 2.24) is 5.32 Å². The maximum atomic E-state index is 11.2. The number of aryl methyl sites for hydroxylation is 2. The van der Waals surface area contributed by atoms with Crippen LogP contribution in [-0.2, 0) is 6.42 Å². The smallest absolute Gasteiger partial charge is 0.335 e. The molecule has 0 aliphatic carbocycles. The quantitative estimate of drug-likeness (QED) is 0.863. The summed E-state index contributed by atoms with van der Waals surface area (Å²) < 4.78 is 0. The van der Waals surface area contributed by atoms with Crippen LogP contribution < -0.4 is 5.32 Å². The van der Waals surface area contributed by atoms with Crippen molar-refractivity contribution >= 4 is 5.97 Å². The topological polar surface area (TPSA) is 49.3 Å². The molecule has 1 unspecified atom stereocenters. The summed E-state index contributed by atoms with van der Waals surface area (Å²) in [7, 11) is 0. The lowest BCUT2D eigenvalue weighted by Crippen LogP contribution is -2.31. The van der Waals surface area contributed by atoms with Gasteiger partial charge in [0.2, 0.25) is 0 Å². The summed E-state index contributed by atoms with van der Waals surface area (Å²) in [6, 6.07) is 3.86. The highest BCUT2D eigenvalue weighted by atomic mass is 16.4. The Bertz CT molecular complexity index is 448. The second-order valence-electron chi connectivity index (χ2n) is 5.32. The molecular formula is C15H21NO2. The van der Waals surface area contributed by atoms with Crippen LogP contribution in [0.2, 0.25) is 0 Å². The van der Waals surface area contributed by atoms with Crippen LogP contribution in [0, 0.1) is 19.8 Å². The number of aromatic carboxylic acids is 1. The molecule has 3 heteroatoms. The summed E-state index contributed by atoms with van der Waals surface area (Å²) in [6.45, 7) is 6.10. The van der Waals surface area contributed by atoms with Crippen molar-refractivity contribution in [3.8, 4) is 0 Å². The molecule has 1 fully saturated rings. The Labute approximate surface area is 108 Å². The number of carboxylic acid groups (broad SMARTS) is 1. The molecule has 0 spiro atoms. The van der Waals surface area contributed by atoms with Crippen LogP contribution in [0.25, 0.3) is 0 Å². The Kier molecular flexibility index (Phi) is 4.02. The Hall–Kier alpha value is -1.35. The first-order chi connectivity index (χ1) is 8.58. The van der Waals surface area contributed by atoms with Gasteiger partial charge in [0.25, 0.3) is 0 Å². The lowest BCUT2D eigenvalue weighted by Gasteiger charge is -2.23. The van der Waals surface area contributed by atoms with Crippen LogP contribution in [0.5, 0.6) is 0 Å². The molecule has 0 saturated carbocycles. The highest BCUT2D eigenvalue weighted by Crippen LogP contribution is 2.22. The SMILES string of the molecule is Cc1cc(C)c(C(=O)O)cc1CC1CCCNC1. The number of benzene rings is 1. The van der Waals surface area contributed by atoms with Crippen molar-refractivity contribution in [3.05, 3.63) is 34.4 Å². The van der Waals surface area contributed by atoms with E-state index >= 15 is 0 Å². The minimum Gasteiger partial charge on any atom is -0.478 e. The summed E-state index contributed by atoms with van der Waals surface area (Å²) in [6.07, 6.45) is 3.45. The van der Waals surface area contributed by atoms with E-state index in [0.717, 1.165) is 25.1 Å². The Morgan fingerprint density at radius 2 is 2.17 bits per heavy atom. The molecule has 0 bridgehead atoms. The molecule has 1 aromatic carbocycles. The first-order valence-electron chi connectivity index (χ1n) is 6.62. The standard InChI is InChI=1S/C15H21NO2/c1-10-6-11(2)14(15(17)18)8-13(10)7-12-4-3-5-16-9-12/h6,8,12,16H,3-5,7,9H2,1-2H3,(H,17,18). The van der Waals surface area contributed by atoms with Crippen LogP contribution in [0.15, 0.2) is 12.1 Å². The number of piperidine rings is 1. The van der Waals surface area contributed by atoms with E-state index in [1.165, 1.54) is 24.0 Å². The molecule has 1 atom stereocenters. The highest BCUT2D eigenvalue weighted by Gasteiger charge is 2.16. The van der Waals surface area contributed by atoms with Crippen molar-refractivity contribution in [1.29, 1.82) is 0 Å². The monoisotopic (exact) mass is 247 g/mol. The molecule has 1 aliphatic rings. The summed E-state index contributed by atoms with van der Waals surface area (Å²) >= 11 is 0. The van der Waals surface area contributed by atoms with E-state index < -0.39 is 5.97 Å². The fourth-order valence-electron chi connectivity index (χ4n) is 2.76. The summed E-state index contributed by atoms with van der Waals surface area (Å²) in [4.78, 5) is 11.2. The number of rotatable bonds is 3. The van der Waals surface area contributed by atoms with Gasteiger partial charge in [-0.25, -0.2) is 4.79 Å². The molecule has 18 heavy (non-hydrogen) atoms. The fourth-order valence-corrected chi connectivity index (χ4v) is 2.76. The lowest BCUT2D eigenvalue weighted by molar-refractivity contribution is 0.0696. The molecular weight excluding hydrogens is 226 g/mol. The average Bonchev–Trinajstić information content (AvgIpc) is 2.33. The largest absolute Gasteiger partial charge is 0.478 e. The molecule has 0 aromatic heterocycles. The minimum absolute atomic E-state index is 0.444. The predicted molar refractivity (Wildman–Crippen MR) is 72.2 cm³/mol. The normalized spacial score (nSPS) is 19.8. The van der Waals surface area contributed by atoms with Crippen molar-refractivity contribution in [2.45, 2.75) is 33.1 Å². The highest BCUT2D eigenvalue weighted by molar-refractivity contribution is 5.89. The summed E-state index contributed by atoms with van der Waals surface area (Å²) in [5, 5.41) is 12.6. The Morgan fingerprint density at radius 1 is 1.39 bits per heavy atom. The predicted octanol–water partition coefficient (Wildman–Crippen LogP) is 2.54. The van der Waals surface area contributed by atoms with Gasteiger partial charge in [-0.2, -0.15) is 0 Å². The maximum absolute atomic E-state index is 11.2. The molecule has 98 valence electrons. The molecule has 3 nitrogen and oxygen atoms in total. The zero-order chi connectivity index (χ0) is 13.1. The van der Waals surface area contributed by atoms with Crippen molar-refractivity contribution in [3.63, 3.8) is 0 Å².